The van der Waals surface area contributed by atoms with Crippen molar-refractivity contribution in [2.24, 2.45) is 0 Å². The second-order valence-electron chi connectivity index (χ2n) is 4.50. The molecule has 0 amide bonds. The Hall–Kier alpha value is -1.55. The van der Waals surface area contributed by atoms with Gasteiger partial charge in [0.1, 0.15) is 5.82 Å². The van der Waals surface area contributed by atoms with Gasteiger partial charge >= 0.3 is 0 Å². The van der Waals surface area contributed by atoms with Gasteiger partial charge in [-0.2, -0.15) is 0 Å². The summed E-state index contributed by atoms with van der Waals surface area (Å²) < 4.78 is 14.6. The third kappa shape index (κ3) is 3.47. The Morgan fingerprint density at radius 1 is 1.16 bits per heavy atom. The molecule has 2 rings (SSSR count). The summed E-state index contributed by atoms with van der Waals surface area (Å²) in [6.45, 7) is 0.462. The molecule has 0 atom stereocenters. The van der Waals surface area contributed by atoms with Gasteiger partial charge in [-0.15, -0.1) is 0 Å². The van der Waals surface area contributed by atoms with Crippen LogP contribution in [0.5, 0.6) is 0 Å². The maximum Gasteiger partial charge on any atom is 0.128 e. The summed E-state index contributed by atoms with van der Waals surface area (Å²) in [6.07, 6.45) is 0. The van der Waals surface area contributed by atoms with Crippen molar-refractivity contribution in [1.29, 1.82) is 0 Å². The predicted molar refractivity (Wildman–Crippen MR) is 82.2 cm³/mol. The van der Waals surface area contributed by atoms with Crippen molar-refractivity contribution >= 4 is 27.3 Å². The van der Waals surface area contributed by atoms with Gasteiger partial charge in [0.25, 0.3) is 0 Å². The van der Waals surface area contributed by atoms with E-state index in [1.807, 2.05) is 43.3 Å². The molecule has 0 fully saturated rings. The molecule has 1 N–H and O–H groups in total. The molecule has 0 aromatic heterocycles. The first kappa shape index (κ1) is 13.9. The van der Waals surface area contributed by atoms with E-state index >= 15 is 0 Å². The van der Waals surface area contributed by atoms with Crippen LogP contribution in [0, 0.1) is 5.82 Å². The zero-order valence-corrected chi connectivity index (χ0v) is 12.5. The van der Waals surface area contributed by atoms with Crippen LogP contribution in [0.3, 0.4) is 0 Å². The molecular weight excluding hydrogens is 307 g/mol. The Morgan fingerprint density at radius 3 is 2.58 bits per heavy atom. The molecule has 0 unspecified atom stereocenters. The predicted octanol–water partition coefficient (Wildman–Crippen LogP) is 4.27. The fourth-order valence-corrected chi connectivity index (χ4v) is 2.23. The van der Waals surface area contributed by atoms with Crippen LogP contribution < -0.4 is 10.2 Å². The van der Waals surface area contributed by atoms with Crippen LogP contribution in [-0.2, 0) is 6.54 Å². The van der Waals surface area contributed by atoms with Crippen molar-refractivity contribution < 1.29 is 4.39 Å². The van der Waals surface area contributed by atoms with Crippen molar-refractivity contribution in [3.63, 3.8) is 0 Å². The van der Waals surface area contributed by atoms with Gasteiger partial charge < -0.3 is 10.2 Å². The van der Waals surface area contributed by atoms with E-state index in [1.165, 1.54) is 6.07 Å². The molecule has 2 aromatic rings. The fraction of sp³-hybridized carbons (Fsp3) is 0.200. The quantitative estimate of drug-likeness (QED) is 0.904. The van der Waals surface area contributed by atoms with E-state index in [4.69, 9.17) is 0 Å². The minimum absolute atomic E-state index is 0.184. The van der Waals surface area contributed by atoms with Gasteiger partial charge in [0.15, 0.2) is 0 Å². The standard InChI is InChI=1S/C15H16BrFN2/c1-19(2)15-8-7-12(16)9-14(15)18-10-11-5-3-4-6-13(11)17/h3-9,18H,10H2,1-2H3. The molecule has 0 radical (unpaired) electrons. The summed E-state index contributed by atoms with van der Waals surface area (Å²) in [4.78, 5) is 2.02. The van der Waals surface area contributed by atoms with Crippen molar-refractivity contribution in [1.82, 2.24) is 0 Å². The molecular formula is C15H16BrFN2. The van der Waals surface area contributed by atoms with Crippen molar-refractivity contribution in [3.8, 4) is 0 Å². The molecule has 0 aliphatic rings. The van der Waals surface area contributed by atoms with Gasteiger partial charge in [0, 0.05) is 30.7 Å². The average Bonchev–Trinajstić information content (AvgIpc) is 2.37. The first-order valence-electron chi connectivity index (χ1n) is 6.02. The van der Waals surface area contributed by atoms with Crippen LogP contribution >= 0.6 is 15.9 Å². The molecule has 100 valence electrons. The lowest BCUT2D eigenvalue weighted by molar-refractivity contribution is 0.613. The molecule has 0 spiro atoms. The first-order valence-corrected chi connectivity index (χ1v) is 6.81. The van der Waals surface area contributed by atoms with Gasteiger partial charge in [-0.3, -0.25) is 0 Å². The molecule has 2 aromatic carbocycles. The normalized spacial score (nSPS) is 10.3. The highest BCUT2D eigenvalue weighted by molar-refractivity contribution is 9.10. The summed E-state index contributed by atoms with van der Waals surface area (Å²) in [6, 6.07) is 12.8. The molecule has 2 nitrogen and oxygen atoms in total. The van der Waals surface area contributed by atoms with Gasteiger partial charge in [0.05, 0.1) is 11.4 Å². The SMILES string of the molecule is CN(C)c1ccc(Br)cc1NCc1ccccc1F. The highest BCUT2D eigenvalue weighted by Crippen LogP contribution is 2.28. The number of anilines is 2. The minimum atomic E-state index is -0.184. The highest BCUT2D eigenvalue weighted by atomic mass is 79.9. The Bertz CT molecular complexity index is 570. The van der Waals surface area contributed by atoms with Crippen LogP contribution in [0.15, 0.2) is 46.9 Å². The topological polar surface area (TPSA) is 15.3 Å². The van der Waals surface area contributed by atoms with Crippen molar-refractivity contribution in [2.45, 2.75) is 6.54 Å². The number of hydrogen-bond donors (Lipinski definition) is 1. The lowest BCUT2D eigenvalue weighted by atomic mass is 10.2. The Morgan fingerprint density at radius 2 is 1.89 bits per heavy atom. The Balaban J connectivity index is 2.19. The maximum atomic E-state index is 13.6. The second kappa shape index (κ2) is 6.06. The summed E-state index contributed by atoms with van der Waals surface area (Å²) in [5, 5.41) is 3.28. The van der Waals surface area contributed by atoms with Gasteiger partial charge in [-0.25, -0.2) is 4.39 Å². The third-order valence-electron chi connectivity index (χ3n) is 2.87. The number of rotatable bonds is 4. The zero-order chi connectivity index (χ0) is 13.8. The number of halogens is 2. The molecule has 0 saturated carbocycles. The molecule has 19 heavy (non-hydrogen) atoms. The summed E-state index contributed by atoms with van der Waals surface area (Å²) in [5.41, 5.74) is 2.70. The lowest BCUT2D eigenvalue weighted by Crippen LogP contribution is -2.12. The van der Waals surface area contributed by atoms with Gasteiger partial charge in [-0.1, -0.05) is 34.1 Å². The molecule has 0 aliphatic heterocycles. The zero-order valence-electron chi connectivity index (χ0n) is 11.0. The average molecular weight is 323 g/mol. The minimum Gasteiger partial charge on any atom is -0.379 e. The van der Waals surface area contributed by atoms with Crippen LogP contribution in [-0.4, -0.2) is 14.1 Å². The van der Waals surface area contributed by atoms with E-state index in [9.17, 15) is 4.39 Å². The Kier molecular flexibility index (Phi) is 4.43. The van der Waals surface area contributed by atoms with Crippen LogP contribution in [0.1, 0.15) is 5.56 Å². The fourth-order valence-electron chi connectivity index (χ4n) is 1.87. The molecule has 4 heteroatoms. The molecule has 0 bridgehead atoms. The van der Waals surface area contributed by atoms with Crippen LogP contribution in [0.25, 0.3) is 0 Å². The summed E-state index contributed by atoms with van der Waals surface area (Å²) >= 11 is 3.45. The third-order valence-corrected chi connectivity index (χ3v) is 3.36. The monoisotopic (exact) mass is 322 g/mol. The summed E-state index contributed by atoms with van der Waals surface area (Å²) in [7, 11) is 3.97. The second-order valence-corrected chi connectivity index (χ2v) is 5.42. The number of benzene rings is 2. The number of hydrogen-bond acceptors (Lipinski definition) is 2. The lowest BCUT2D eigenvalue weighted by Gasteiger charge is -2.19. The van der Waals surface area contributed by atoms with E-state index < -0.39 is 0 Å². The van der Waals surface area contributed by atoms with Crippen LogP contribution in [0.2, 0.25) is 0 Å². The largest absolute Gasteiger partial charge is 0.379 e. The highest BCUT2D eigenvalue weighted by Gasteiger charge is 2.06. The van der Waals surface area contributed by atoms with Gasteiger partial charge in [-0.05, 0) is 24.3 Å². The molecule has 0 aliphatic carbocycles. The van der Waals surface area contributed by atoms with E-state index in [0.29, 0.717) is 12.1 Å². The summed E-state index contributed by atoms with van der Waals surface area (Å²) in [5.74, 6) is -0.184. The van der Waals surface area contributed by atoms with Crippen LogP contribution in [0.4, 0.5) is 15.8 Å². The maximum absolute atomic E-state index is 13.6. The van der Waals surface area contributed by atoms with Crippen molar-refractivity contribution in [2.75, 3.05) is 24.3 Å². The molecule has 0 saturated heterocycles. The number of nitrogens with zero attached hydrogens (tertiary/aromatic N) is 1. The number of nitrogens with one attached hydrogen (secondary N) is 1. The molecule has 0 heterocycles. The Labute approximate surface area is 121 Å². The van der Waals surface area contributed by atoms with E-state index in [0.717, 1.165) is 15.8 Å². The van der Waals surface area contributed by atoms with Crippen molar-refractivity contribution in [3.05, 3.63) is 58.3 Å². The smallest absolute Gasteiger partial charge is 0.128 e. The van der Waals surface area contributed by atoms with E-state index in [-0.39, 0.29) is 5.82 Å². The first-order chi connectivity index (χ1) is 9.08. The van der Waals surface area contributed by atoms with E-state index in [1.54, 1.807) is 12.1 Å². The van der Waals surface area contributed by atoms with E-state index in [2.05, 4.69) is 21.2 Å². The van der Waals surface area contributed by atoms with Gasteiger partial charge in [0.2, 0.25) is 0 Å².